The molecule has 0 spiro atoms. The van der Waals surface area contributed by atoms with Crippen LogP contribution in [-0.4, -0.2) is 13.4 Å². The van der Waals surface area contributed by atoms with Gasteiger partial charge in [0.2, 0.25) is 0 Å². The van der Waals surface area contributed by atoms with Gasteiger partial charge < -0.3 is 4.74 Å². The first-order chi connectivity index (χ1) is 8.51. The summed E-state index contributed by atoms with van der Waals surface area (Å²) in [5.41, 5.74) is 5.66. The summed E-state index contributed by atoms with van der Waals surface area (Å²) in [6.07, 6.45) is 6.36. The third kappa shape index (κ3) is 3.10. The first-order valence-electron chi connectivity index (χ1n) is 5.96. The summed E-state index contributed by atoms with van der Waals surface area (Å²) in [5.74, 6) is 0.919. The van der Waals surface area contributed by atoms with Gasteiger partial charge in [0.25, 0.3) is 0 Å². The molecular formula is C16H20O2. The highest BCUT2D eigenvalue weighted by molar-refractivity contribution is 5.69. The second-order valence-corrected chi connectivity index (χ2v) is 4.44. The summed E-state index contributed by atoms with van der Waals surface area (Å²) >= 11 is 0. The van der Waals surface area contributed by atoms with E-state index < -0.39 is 0 Å². The van der Waals surface area contributed by atoms with Crippen LogP contribution in [0.1, 0.15) is 29.2 Å². The molecule has 0 aliphatic rings. The third-order valence-corrected chi connectivity index (χ3v) is 3.17. The first-order valence-corrected chi connectivity index (χ1v) is 5.96. The quantitative estimate of drug-likeness (QED) is 0.458. The van der Waals surface area contributed by atoms with E-state index in [2.05, 4.69) is 20.8 Å². The molecule has 0 radical (unpaired) electrons. The second-order valence-electron chi connectivity index (χ2n) is 4.44. The predicted octanol–water partition coefficient (Wildman–Crippen LogP) is 3.78. The van der Waals surface area contributed by atoms with Gasteiger partial charge in [0, 0.05) is 0 Å². The van der Waals surface area contributed by atoms with Crippen molar-refractivity contribution < 1.29 is 9.53 Å². The Kier molecular flexibility index (Phi) is 4.90. The van der Waals surface area contributed by atoms with Crippen molar-refractivity contribution in [2.45, 2.75) is 27.7 Å². The van der Waals surface area contributed by atoms with Crippen LogP contribution in [0.15, 0.2) is 23.8 Å². The molecule has 0 unspecified atom stereocenters. The number of methoxy groups -OCH3 is 1. The SMILES string of the molecule is COc1cc(C)c(C=CC(C)=CC=O)c(C)c1C. The number of aryl methyl sites for hydroxylation is 1. The maximum absolute atomic E-state index is 10.4. The zero-order valence-corrected chi connectivity index (χ0v) is 11.7. The molecule has 0 heterocycles. The Morgan fingerprint density at radius 1 is 1.22 bits per heavy atom. The van der Waals surface area contributed by atoms with Gasteiger partial charge >= 0.3 is 0 Å². The zero-order valence-electron chi connectivity index (χ0n) is 11.7. The fraction of sp³-hybridized carbons (Fsp3) is 0.312. The van der Waals surface area contributed by atoms with Gasteiger partial charge in [0.15, 0.2) is 0 Å². The number of allylic oxidation sites excluding steroid dienone is 3. The van der Waals surface area contributed by atoms with Crippen LogP contribution in [0.5, 0.6) is 5.75 Å². The van der Waals surface area contributed by atoms with Crippen LogP contribution >= 0.6 is 0 Å². The van der Waals surface area contributed by atoms with Crippen molar-refractivity contribution in [2.24, 2.45) is 0 Å². The van der Waals surface area contributed by atoms with E-state index in [1.54, 1.807) is 13.2 Å². The summed E-state index contributed by atoms with van der Waals surface area (Å²) in [5, 5.41) is 0. The number of hydrogen-bond donors (Lipinski definition) is 0. The third-order valence-electron chi connectivity index (χ3n) is 3.17. The van der Waals surface area contributed by atoms with Gasteiger partial charge in [-0.3, -0.25) is 4.79 Å². The molecule has 1 rings (SSSR count). The molecule has 0 aliphatic heterocycles. The van der Waals surface area contributed by atoms with E-state index in [1.807, 2.05) is 25.1 Å². The smallest absolute Gasteiger partial charge is 0.143 e. The molecule has 0 bridgehead atoms. The number of ether oxygens (including phenoxy) is 1. The van der Waals surface area contributed by atoms with Gasteiger partial charge in [-0.1, -0.05) is 12.2 Å². The van der Waals surface area contributed by atoms with Crippen molar-refractivity contribution in [1.82, 2.24) is 0 Å². The molecule has 0 amide bonds. The topological polar surface area (TPSA) is 26.3 Å². The van der Waals surface area contributed by atoms with Gasteiger partial charge in [0.1, 0.15) is 12.0 Å². The first kappa shape index (κ1) is 14.2. The predicted molar refractivity (Wildman–Crippen MR) is 76.1 cm³/mol. The van der Waals surface area contributed by atoms with E-state index in [0.29, 0.717) is 0 Å². The van der Waals surface area contributed by atoms with Gasteiger partial charge in [-0.15, -0.1) is 0 Å². The molecule has 96 valence electrons. The minimum Gasteiger partial charge on any atom is -0.496 e. The molecule has 18 heavy (non-hydrogen) atoms. The summed E-state index contributed by atoms with van der Waals surface area (Å²) < 4.78 is 5.34. The van der Waals surface area contributed by atoms with Crippen LogP contribution in [0.2, 0.25) is 0 Å². The van der Waals surface area contributed by atoms with Crippen LogP contribution < -0.4 is 4.74 Å². The van der Waals surface area contributed by atoms with E-state index in [1.165, 1.54) is 16.7 Å². The number of benzene rings is 1. The number of carbonyl (C=O) groups excluding carboxylic acids is 1. The minimum atomic E-state index is 0.804. The second kappa shape index (κ2) is 6.20. The monoisotopic (exact) mass is 244 g/mol. The molecule has 0 aliphatic carbocycles. The van der Waals surface area contributed by atoms with E-state index in [-0.39, 0.29) is 0 Å². The lowest BCUT2D eigenvalue weighted by atomic mass is 9.96. The van der Waals surface area contributed by atoms with Crippen LogP contribution in [0.3, 0.4) is 0 Å². The highest BCUT2D eigenvalue weighted by atomic mass is 16.5. The average Bonchev–Trinajstić information content (AvgIpc) is 2.34. The molecule has 2 nitrogen and oxygen atoms in total. The van der Waals surface area contributed by atoms with E-state index in [9.17, 15) is 4.79 Å². The molecule has 0 N–H and O–H groups in total. The molecule has 1 aromatic rings. The van der Waals surface area contributed by atoms with Crippen molar-refractivity contribution in [3.63, 3.8) is 0 Å². The van der Waals surface area contributed by atoms with Crippen molar-refractivity contribution in [3.8, 4) is 5.75 Å². The molecule has 0 atom stereocenters. The lowest BCUT2D eigenvalue weighted by Crippen LogP contribution is -1.95. The Morgan fingerprint density at radius 2 is 1.89 bits per heavy atom. The number of carbonyl (C=O) groups is 1. The van der Waals surface area contributed by atoms with E-state index in [4.69, 9.17) is 4.74 Å². The zero-order chi connectivity index (χ0) is 13.7. The van der Waals surface area contributed by atoms with E-state index in [0.717, 1.165) is 23.2 Å². The van der Waals surface area contributed by atoms with E-state index >= 15 is 0 Å². The van der Waals surface area contributed by atoms with Crippen LogP contribution in [0.4, 0.5) is 0 Å². The molecule has 0 fully saturated rings. The fourth-order valence-corrected chi connectivity index (χ4v) is 1.91. The van der Waals surface area contributed by atoms with Crippen LogP contribution in [0.25, 0.3) is 6.08 Å². The fourth-order valence-electron chi connectivity index (χ4n) is 1.91. The Balaban J connectivity index is 3.22. The highest BCUT2D eigenvalue weighted by Gasteiger charge is 2.08. The lowest BCUT2D eigenvalue weighted by Gasteiger charge is -2.13. The van der Waals surface area contributed by atoms with Crippen molar-refractivity contribution >= 4 is 12.4 Å². The van der Waals surface area contributed by atoms with Crippen molar-refractivity contribution in [3.05, 3.63) is 46.0 Å². The average molecular weight is 244 g/mol. The maximum Gasteiger partial charge on any atom is 0.143 e. The summed E-state index contributed by atoms with van der Waals surface area (Å²) in [6.45, 7) is 8.11. The van der Waals surface area contributed by atoms with Gasteiger partial charge in [-0.2, -0.15) is 0 Å². The normalized spacial score (nSPS) is 11.9. The number of aldehydes is 1. The Hall–Kier alpha value is -1.83. The molecule has 0 saturated heterocycles. The largest absolute Gasteiger partial charge is 0.496 e. The Bertz CT molecular complexity index is 508. The molecule has 0 aromatic heterocycles. The van der Waals surface area contributed by atoms with Crippen LogP contribution in [0, 0.1) is 20.8 Å². The summed E-state index contributed by atoms with van der Waals surface area (Å²) in [6, 6.07) is 2.04. The Labute approximate surface area is 109 Å². The van der Waals surface area contributed by atoms with Crippen molar-refractivity contribution in [1.29, 1.82) is 0 Å². The number of hydrogen-bond acceptors (Lipinski definition) is 2. The van der Waals surface area contributed by atoms with Gasteiger partial charge in [-0.05, 0) is 67.7 Å². The highest BCUT2D eigenvalue weighted by Crippen LogP contribution is 2.28. The standard InChI is InChI=1S/C16H20O2/c1-11(8-9-17)6-7-15-12(2)10-16(18-5)14(4)13(15)3/h6-10H,1-5H3. The molecule has 2 heteroatoms. The molecular weight excluding hydrogens is 224 g/mol. The van der Waals surface area contributed by atoms with Crippen molar-refractivity contribution in [2.75, 3.05) is 7.11 Å². The lowest BCUT2D eigenvalue weighted by molar-refractivity contribution is -0.104. The Morgan fingerprint density at radius 3 is 2.44 bits per heavy atom. The molecule has 0 saturated carbocycles. The maximum atomic E-state index is 10.4. The van der Waals surface area contributed by atoms with Crippen LogP contribution in [-0.2, 0) is 4.79 Å². The minimum absolute atomic E-state index is 0.804. The van der Waals surface area contributed by atoms with Gasteiger partial charge in [0.05, 0.1) is 7.11 Å². The molecule has 1 aromatic carbocycles. The van der Waals surface area contributed by atoms with Gasteiger partial charge in [-0.25, -0.2) is 0 Å². The summed E-state index contributed by atoms with van der Waals surface area (Å²) in [7, 11) is 1.69. The number of rotatable bonds is 4. The summed E-state index contributed by atoms with van der Waals surface area (Å²) in [4.78, 5) is 10.4.